The Hall–Kier alpha value is -0.300. The molecule has 3 saturated carbocycles. The third-order valence-electron chi connectivity index (χ3n) is 9.15. The molecule has 0 radical (unpaired) electrons. The molecule has 23 heavy (non-hydrogen) atoms. The summed E-state index contributed by atoms with van der Waals surface area (Å²) in [6.45, 7) is 7.72. The van der Waals surface area contributed by atoms with Gasteiger partial charge in [-0.2, -0.15) is 0 Å². The fourth-order valence-corrected chi connectivity index (χ4v) is 7.76. The number of allylic oxidation sites excluding steroid dienone is 2. The number of nitrogens with one attached hydrogen (secondary N) is 1. The maximum absolute atomic E-state index is 3.58. The number of fused-ring (bicyclic) bond motifs is 5. The second-order valence-electron chi connectivity index (χ2n) is 9.77. The van der Waals surface area contributed by atoms with Gasteiger partial charge in [-0.25, -0.2) is 0 Å². The fourth-order valence-electron chi connectivity index (χ4n) is 7.76. The average molecular weight is 316 g/mol. The SMILES string of the molecule is CNC(C)[C@H]1CC[C@H]2[C@@H]3CC=C4CCCC[C@]4(C)[C@H]3CC[C@]12C. The summed E-state index contributed by atoms with van der Waals surface area (Å²) in [6.07, 6.45) is 15.8. The van der Waals surface area contributed by atoms with Crippen LogP contribution in [-0.2, 0) is 0 Å². The molecule has 0 bridgehead atoms. The molecule has 1 N–H and O–H groups in total. The van der Waals surface area contributed by atoms with Crippen molar-refractivity contribution in [3.8, 4) is 0 Å². The van der Waals surface area contributed by atoms with Gasteiger partial charge in [0.1, 0.15) is 0 Å². The molecular formula is C22H37N. The van der Waals surface area contributed by atoms with Gasteiger partial charge >= 0.3 is 0 Å². The first-order valence-corrected chi connectivity index (χ1v) is 10.4. The first kappa shape index (κ1) is 16.2. The first-order valence-electron chi connectivity index (χ1n) is 10.4. The molecule has 7 atom stereocenters. The molecule has 4 aliphatic carbocycles. The van der Waals surface area contributed by atoms with Crippen molar-refractivity contribution in [3.63, 3.8) is 0 Å². The summed E-state index contributed by atoms with van der Waals surface area (Å²) < 4.78 is 0. The lowest BCUT2D eigenvalue weighted by Crippen LogP contribution is -2.51. The second-order valence-corrected chi connectivity index (χ2v) is 9.77. The summed E-state index contributed by atoms with van der Waals surface area (Å²) in [5, 5.41) is 3.58. The number of rotatable bonds is 2. The van der Waals surface area contributed by atoms with E-state index in [0.29, 0.717) is 16.9 Å². The third-order valence-corrected chi connectivity index (χ3v) is 9.15. The van der Waals surface area contributed by atoms with Crippen molar-refractivity contribution in [1.82, 2.24) is 5.32 Å². The van der Waals surface area contributed by atoms with E-state index in [-0.39, 0.29) is 0 Å². The monoisotopic (exact) mass is 315 g/mol. The molecule has 4 aliphatic rings. The van der Waals surface area contributed by atoms with Gasteiger partial charge in [-0.05, 0) is 99.8 Å². The van der Waals surface area contributed by atoms with Crippen molar-refractivity contribution >= 4 is 0 Å². The van der Waals surface area contributed by atoms with E-state index >= 15 is 0 Å². The number of hydrogen-bond acceptors (Lipinski definition) is 1. The summed E-state index contributed by atoms with van der Waals surface area (Å²) in [6, 6.07) is 0.682. The van der Waals surface area contributed by atoms with Crippen molar-refractivity contribution in [1.29, 1.82) is 0 Å². The van der Waals surface area contributed by atoms with Gasteiger partial charge in [0.2, 0.25) is 0 Å². The fraction of sp³-hybridized carbons (Fsp3) is 0.909. The lowest BCUT2D eigenvalue weighted by Gasteiger charge is -2.58. The number of hydrogen-bond donors (Lipinski definition) is 1. The minimum absolute atomic E-state index is 0.565. The van der Waals surface area contributed by atoms with Crippen LogP contribution < -0.4 is 5.32 Å². The maximum Gasteiger partial charge on any atom is 0.00693 e. The van der Waals surface area contributed by atoms with Crippen LogP contribution in [0.25, 0.3) is 0 Å². The third kappa shape index (κ3) is 2.21. The van der Waals surface area contributed by atoms with E-state index in [4.69, 9.17) is 0 Å². The van der Waals surface area contributed by atoms with Gasteiger partial charge in [0.25, 0.3) is 0 Å². The van der Waals surface area contributed by atoms with E-state index < -0.39 is 0 Å². The van der Waals surface area contributed by atoms with Gasteiger partial charge in [-0.3, -0.25) is 0 Å². The van der Waals surface area contributed by atoms with Crippen molar-refractivity contribution in [2.45, 2.75) is 84.6 Å². The van der Waals surface area contributed by atoms with Crippen LogP contribution in [0.2, 0.25) is 0 Å². The van der Waals surface area contributed by atoms with Crippen LogP contribution in [-0.4, -0.2) is 13.1 Å². The van der Waals surface area contributed by atoms with Gasteiger partial charge in [-0.15, -0.1) is 0 Å². The molecule has 1 heteroatoms. The van der Waals surface area contributed by atoms with Crippen LogP contribution in [0.15, 0.2) is 11.6 Å². The second kappa shape index (κ2) is 5.61. The van der Waals surface area contributed by atoms with Crippen molar-refractivity contribution in [2.24, 2.45) is 34.5 Å². The molecule has 1 nitrogen and oxygen atoms in total. The van der Waals surface area contributed by atoms with E-state index in [1.165, 1.54) is 57.8 Å². The van der Waals surface area contributed by atoms with Gasteiger partial charge in [0.05, 0.1) is 0 Å². The molecule has 1 unspecified atom stereocenters. The molecule has 0 aromatic carbocycles. The average Bonchev–Trinajstić information content (AvgIpc) is 2.91. The summed E-state index contributed by atoms with van der Waals surface area (Å²) in [4.78, 5) is 0. The first-order chi connectivity index (χ1) is 11.0. The van der Waals surface area contributed by atoms with Crippen LogP contribution in [0.5, 0.6) is 0 Å². The highest BCUT2D eigenvalue weighted by Gasteiger charge is 2.58. The Morgan fingerprint density at radius 1 is 1.09 bits per heavy atom. The molecule has 0 spiro atoms. The minimum Gasteiger partial charge on any atom is -0.317 e. The van der Waals surface area contributed by atoms with Crippen LogP contribution in [0.4, 0.5) is 0 Å². The molecule has 0 aromatic rings. The highest BCUT2D eigenvalue weighted by molar-refractivity contribution is 5.24. The van der Waals surface area contributed by atoms with Crippen LogP contribution in [0, 0.1) is 34.5 Å². The van der Waals surface area contributed by atoms with Gasteiger partial charge in [0, 0.05) is 6.04 Å². The largest absolute Gasteiger partial charge is 0.317 e. The van der Waals surface area contributed by atoms with E-state index in [0.717, 1.165) is 23.7 Å². The molecule has 0 saturated heterocycles. The Balaban J connectivity index is 1.64. The summed E-state index contributed by atoms with van der Waals surface area (Å²) >= 11 is 0. The Morgan fingerprint density at radius 2 is 1.91 bits per heavy atom. The summed E-state index contributed by atoms with van der Waals surface area (Å²) in [7, 11) is 2.16. The Bertz CT molecular complexity index is 494. The van der Waals surface area contributed by atoms with E-state index in [1.807, 2.05) is 5.57 Å². The highest BCUT2D eigenvalue weighted by atomic mass is 14.9. The summed E-state index contributed by atoms with van der Waals surface area (Å²) in [5.41, 5.74) is 3.02. The molecular weight excluding hydrogens is 278 g/mol. The van der Waals surface area contributed by atoms with E-state index in [2.05, 4.69) is 39.2 Å². The van der Waals surface area contributed by atoms with Gasteiger partial charge in [0.15, 0.2) is 0 Å². The molecule has 0 aromatic heterocycles. The van der Waals surface area contributed by atoms with Crippen molar-refractivity contribution in [2.75, 3.05) is 7.05 Å². The quantitative estimate of drug-likeness (QED) is 0.657. The Labute approximate surface area is 143 Å². The zero-order valence-electron chi connectivity index (χ0n) is 15.8. The van der Waals surface area contributed by atoms with Crippen molar-refractivity contribution in [3.05, 3.63) is 11.6 Å². The standard InChI is InChI=1S/C22H37N/c1-15(23-4)18-10-11-19-17-9-8-16-7-5-6-13-21(16,2)20(17)12-14-22(18,19)3/h8,15,17-20,23H,5-7,9-14H2,1-4H3/t15?,17-,18+,19-,20-,21-,22+/m0/s1. The van der Waals surface area contributed by atoms with E-state index in [9.17, 15) is 0 Å². The molecule has 0 heterocycles. The van der Waals surface area contributed by atoms with Crippen LogP contribution in [0.3, 0.4) is 0 Å². The molecule has 4 rings (SSSR count). The summed E-state index contributed by atoms with van der Waals surface area (Å²) in [5.74, 6) is 3.85. The molecule has 0 aliphatic heterocycles. The Kier molecular flexibility index (Phi) is 3.95. The zero-order valence-corrected chi connectivity index (χ0v) is 15.8. The maximum atomic E-state index is 3.58. The molecule has 130 valence electrons. The van der Waals surface area contributed by atoms with E-state index in [1.54, 1.807) is 0 Å². The van der Waals surface area contributed by atoms with Gasteiger partial charge < -0.3 is 5.32 Å². The topological polar surface area (TPSA) is 12.0 Å². The minimum atomic E-state index is 0.565. The predicted octanol–water partition coefficient (Wildman–Crippen LogP) is 5.56. The smallest absolute Gasteiger partial charge is 0.00693 e. The normalized spacial score (nSPS) is 50.5. The van der Waals surface area contributed by atoms with Gasteiger partial charge in [-0.1, -0.05) is 31.9 Å². The highest BCUT2D eigenvalue weighted by Crippen LogP contribution is 2.66. The predicted molar refractivity (Wildman–Crippen MR) is 98.3 cm³/mol. The Morgan fingerprint density at radius 3 is 2.70 bits per heavy atom. The van der Waals surface area contributed by atoms with Crippen LogP contribution >= 0.6 is 0 Å². The lowest BCUT2D eigenvalue weighted by atomic mass is 9.47. The van der Waals surface area contributed by atoms with Crippen LogP contribution in [0.1, 0.15) is 78.6 Å². The van der Waals surface area contributed by atoms with Crippen molar-refractivity contribution < 1.29 is 0 Å². The lowest BCUT2D eigenvalue weighted by molar-refractivity contribution is -0.0453. The molecule has 0 amide bonds. The molecule has 3 fully saturated rings. The zero-order chi connectivity index (χ0) is 16.2.